The average Bonchev–Trinajstić information content (AvgIpc) is 2.80. The molecule has 0 aliphatic rings. The van der Waals surface area contributed by atoms with Crippen molar-refractivity contribution >= 4 is 33.2 Å². The van der Waals surface area contributed by atoms with E-state index in [1.54, 1.807) is 13.8 Å². The summed E-state index contributed by atoms with van der Waals surface area (Å²) in [6.45, 7) is 3.54. The number of rotatable bonds is 12. The fourth-order valence-electron chi connectivity index (χ4n) is 3.56. The van der Waals surface area contributed by atoms with E-state index in [-0.39, 0.29) is 23.8 Å². The molecule has 184 valence electrons. The maximum atomic E-state index is 13.4. The summed E-state index contributed by atoms with van der Waals surface area (Å²) in [6, 6.07) is 13.7. The maximum Gasteiger partial charge on any atom is 0.271 e. The van der Waals surface area contributed by atoms with Crippen LogP contribution in [0.1, 0.15) is 25.8 Å². The highest BCUT2D eigenvalue weighted by atomic mass is 32.2. The lowest BCUT2D eigenvalue weighted by Crippen LogP contribution is -2.53. The topological polar surface area (TPSA) is 130 Å². The highest BCUT2D eigenvalue weighted by Crippen LogP contribution is 2.23. The van der Waals surface area contributed by atoms with Gasteiger partial charge in [-0.25, -0.2) is 8.42 Å². The summed E-state index contributed by atoms with van der Waals surface area (Å²) in [5.41, 5.74) is 0.664. The van der Waals surface area contributed by atoms with Gasteiger partial charge in [0.25, 0.3) is 5.69 Å². The quantitative estimate of drug-likeness (QED) is 0.359. The average molecular weight is 491 g/mol. The summed E-state index contributed by atoms with van der Waals surface area (Å²) in [6.07, 6.45) is 1.73. The summed E-state index contributed by atoms with van der Waals surface area (Å²) in [5.74, 6) is -0.904. The third-order valence-corrected chi connectivity index (χ3v) is 6.37. The fraction of sp³-hybridized carbons (Fsp3) is 0.391. The van der Waals surface area contributed by atoms with Crippen LogP contribution in [0, 0.1) is 10.1 Å². The van der Waals surface area contributed by atoms with Gasteiger partial charge in [0.1, 0.15) is 12.6 Å². The molecule has 10 nitrogen and oxygen atoms in total. The van der Waals surface area contributed by atoms with Crippen molar-refractivity contribution in [2.75, 3.05) is 30.2 Å². The molecule has 0 bridgehead atoms. The van der Waals surface area contributed by atoms with Gasteiger partial charge in [-0.15, -0.1) is 0 Å². The molecule has 0 fully saturated rings. The van der Waals surface area contributed by atoms with E-state index in [2.05, 4.69) is 5.32 Å². The number of likely N-dealkylation sites (N-methyl/N-ethyl adjacent to an activating group) is 1. The molecule has 1 atom stereocenters. The molecule has 0 spiro atoms. The molecule has 0 radical (unpaired) electrons. The second-order valence-corrected chi connectivity index (χ2v) is 9.59. The van der Waals surface area contributed by atoms with E-state index >= 15 is 0 Å². The van der Waals surface area contributed by atoms with Gasteiger partial charge >= 0.3 is 0 Å². The van der Waals surface area contributed by atoms with Crippen LogP contribution in [0.2, 0.25) is 0 Å². The monoisotopic (exact) mass is 490 g/mol. The SMILES string of the molecule is CCNC(=O)C(CC)N(CCc1ccccc1)C(=O)CN(c1cccc([N+](=O)[O-])c1)S(C)(=O)=O. The molecule has 1 N–H and O–H groups in total. The first-order valence-corrected chi connectivity index (χ1v) is 12.8. The van der Waals surface area contributed by atoms with E-state index in [9.17, 15) is 28.1 Å². The summed E-state index contributed by atoms with van der Waals surface area (Å²) in [5, 5.41) is 13.9. The first-order valence-electron chi connectivity index (χ1n) is 10.9. The largest absolute Gasteiger partial charge is 0.355 e. The predicted molar refractivity (Wildman–Crippen MR) is 130 cm³/mol. The lowest BCUT2D eigenvalue weighted by Gasteiger charge is -2.32. The smallest absolute Gasteiger partial charge is 0.271 e. The molecule has 0 saturated heterocycles. The van der Waals surface area contributed by atoms with Crippen LogP contribution in [-0.2, 0) is 26.0 Å². The lowest BCUT2D eigenvalue weighted by atomic mass is 10.1. The Balaban J connectivity index is 2.38. The van der Waals surface area contributed by atoms with Gasteiger partial charge < -0.3 is 10.2 Å². The zero-order chi connectivity index (χ0) is 25.3. The van der Waals surface area contributed by atoms with Crippen molar-refractivity contribution in [1.82, 2.24) is 10.2 Å². The first kappa shape index (κ1) is 26.8. The Bertz CT molecular complexity index is 1110. The van der Waals surface area contributed by atoms with Gasteiger partial charge in [0.05, 0.1) is 16.9 Å². The standard InChI is InChI=1S/C23H30N4O6S/c1-4-21(23(29)24-5-2)25(15-14-18-10-7-6-8-11-18)22(28)17-26(34(3,32)33)19-12-9-13-20(16-19)27(30)31/h6-13,16,21H,4-5,14-15,17H2,1-3H3,(H,24,29). The fourth-order valence-corrected chi connectivity index (χ4v) is 4.40. The molecule has 2 rings (SSSR count). The second-order valence-electron chi connectivity index (χ2n) is 7.69. The number of carbonyl (C=O) groups excluding carboxylic acids is 2. The molecular formula is C23H30N4O6S. The molecule has 0 aliphatic heterocycles. The minimum Gasteiger partial charge on any atom is -0.355 e. The number of carbonyl (C=O) groups is 2. The van der Waals surface area contributed by atoms with Crippen molar-refractivity contribution in [3.05, 3.63) is 70.3 Å². The van der Waals surface area contributed by atoms with Gasteiger partial charge in [-0.05, 0) is 31.4 Å². The van der Waals surface area contributed by atoms with Gasteiger partial charge in [0.15, 0.2) is 0 Å². The number of nitro benzene ring substituents is 1. The molecule has 1 unspecified atom stereocenters. The van der Waals surface area contributed by atoms with Crippen molar-refractivity contribution in [2.24, 2.45) is 0 Å². The molecule has 0 aromatic heterocycles. The Kier molecular flexibility index (Phi) is 9.55. The molecule has 2 amide bonds. The maximum absolute atomic E-state index is 13.4. The Labute approximate surface area is 199 Å². The number of hydrogen-bond acceptors (Lipinski definition) is 6. The van der Waals surface area contributed by atoms with E-state index in [4.69, 9.17) is 0 Å². The number of hydrogen-bond donors (Lipinski definition) is 1. The summed E-state index contributed by atoms with van der Waals surface area (Å²) < 4.78 is 25.9. The predicted octanol–water partition coefficient (Wildman–Crippen LogP) is 2.35. The summed E-state index contributed by atoms with van der Waals surface area (Å²) in [7, 11) is -3.96. The highest BCUT2D eigenvalue weighted by molar-refractivity contribution is 7.92. The van der Waals surface area contributed by atoms with Gasteiger partial charge in [0.2, 0.25) is 21.8 Å². The molecular weight excluding hydrogens is 460 g/mol. The van der Waals surface area contributed by atoms with Crippen molar-refractivity contribution < 1.29 is 22.9 Å². The number of anilines is 1. The van der Waals surface area contributed by atoms with Crippen LogP contribution >= 0.6 is 0 Å². The minimum absolute atomic E-state index is 0.000817. The molecule has 2 aromatic rings. The summed E-state index contributed by atoms with van der Waals surface area (Å²) >= 11 is 0. The molecule has 11 heteroatoms. The molecule has 0 heterocycles. The number of non-ortho nitro benzene ring substituents is 1. The van der Waals surface area contributed by atoms with Crippen molar-refractivity contribution in [2.45, 2.75) is 32.7 Å². The van der Waals surface area contributed by atoms with Crippen LogP contribution in [0.25, 0.3) is 0 Å². The zero-order valence-corrected chi connectivity index (χ0v) is 20.3. The van der Waals surface area contributed by atoms with Crippen LogP contribution in [-0.4, -0.2) is 62.0 Å². The molecule has 34 heavy (non-hydrogen) atoms. The van der Waals surface area contributed by atoms with E-state index in [1.165, 1.54) is 23.1 Å². The first-order chi connectivity index (χ1) is 16.1. The number of nitrogens with one attached hydrogen (secondary N) is 1. The third kappa shape index (κ3) is 7.27. The van der Waals surface area contributed by atoms with Crippen LogP contribution in [0.3, 0.4) is 0 Å². The summed E-state index contributed by atoms with van der Waals surface area (Å²) in [4.78, 5) is 38.0. The lowest BCUT2D eigenvalue weighted by molar-refractivity contribution is -0.384. The van der Waals surface area contributed by atoms with E-state index in [0.717, 1.165) is 22.2 Å². The molecule has 0 aliphatic carbocycles. The van der Waals surface area contributed by atoms with Gasteiger partial charge in [0, 0.05) is 25.2 Å². The zero-order valence-electron chi connectivity index (χ0n) is 19.5. The van der Waals surface area contributed by atoms with Crippen molar-refractivity contribution in [3.63, 3.8) is 0 Å². The Morgan fingerprint density at radius 2 is 1.76 bits per heavy atom. The van der Waals surface area contributed by atoms with Gasteiger partial charge in [-0.1, -0.05) is 43.3 Å². The van der Waals surface area contributed by atoms with E-state index < -0.39 is 33.4 Å². The van der Waals surface area contributed by atoms with Crippen LogP contribution in [0.15, 0.2) is 54.6 Å². The van der Waals surface area contributed by atoms with Gasteiger partial charge in [-0.3, -0.25) is 24.0 Å². The van der Waals surface area contributed by atoms with Crippen molar-refractivity contribution in [1.29, 1.82) is 0 Å². The van der Waals surface area contributed by atoms with E-state index in [1.807, 2.05) is 30.3 Å². The minimum atomic E-state index is -3.96. The van der Waals surface area contributed by atoms with Crippen molar-refractivity contribution in [3.8, 4) is 0 Å². The van der Waals surface area contributed by atoms with E-state index in [0.29, 0.717) is 19.4 Å². The molecule has 0 saturated carbocycles. The number of nitro groups is 1. The van der Waals surface area contributed by atoms with Crippen LogP contribution in [0.5, 0.6) is 0 Å². The number of benzene rings is 2. The highest BCUT2D eigenvalue weighted by Gasteiger charge is 2.31. The Morgan fingerprint density at radius 1 is 1.09 bits per heavy atom. The number of nitrogens with zero attached hydrogens (tertiary/aromatic N) is 3. The molecule has 2 aromatic carbocycles. The number of amides is 2. The normalized spacial score (nSPS) is 12.0. The third-order valence-electron chi connectivity index (χ3n) is 5.23. The second kappa shape index (κ2) is 12.1. The Morgan fingerprint density at radius 3 is 2.32 bits per heavy atom. The Hall–Kier alpha value is -3.47. The van der Waals surface area contributed by atoms with Gasteiger partial charge in [-0.2, -0.15) is 0 Å². The number of sulfonamides is 1. The van der Waals surface area contributed by atoms with Crippen LogP contribution in [0.4, 0.5) is 11.4 Å². The van der Waals surface area contributed by atoms with Crippen LogP contribution < -0.4 is 9.62 Å².